The number of rotatable bonds is 4. The largest absolute Gasteiger partial charge is 0.380 e. The minimum Gasteiger partial charge on any atom is -0.380 e. The molecule has 20 heavy (non-hydrogen) atoms. The van der Waals surface area contributed by atoms with Crippen LogP contribution in [0, 0.1) is 0 Å². The van der Waals surface area contributed by atoms with Gasteiger partial charge < -0.3 is 5.11 Å². The van der Waals surface area contributed by atoms with Crippen molar-refractivity contribution in [2.45, 2.75) is 11.0 Å². The highest BCUT2D eigenvalue weighted by Gasteiger charge is 2.19. The van der Waals surface area contributed by atoms with Crippen molar-refractivity contribution < 1.29 is 9.90 Å². The van der Waals surface area contributed by atoms with Crippen molar-refractivity contribution in [1.29, 1.82) is 0 Å². The molecule has 0 spiro atoms. The van der Waals surface area contributed by atoms with Gasteiger partial charge in [0, 0.05) is 10.5 Å². The topological polar surface area (TPSA) is 37.3 Å². The smallest absolute Gasteiger partial charge is 0.195 e. The van der Waals surface area contributed by atoms with E-state index in [9.17, 15) is 9.90 Å². The van der Waals surface area contributed by atoms with Gasteiger partial charge in [-0.15, -0.1) is 11.8 Å². The summed E-state index contributed by atoms with van der Waals surface area (Å²) in [4.78, 5) is 13.3. The SMILES string of the molecule is CSc1ccc(C(=O)C(O)c2ccc(Cl)c(Cl)c2)cc1. The molecule has 2 aromatic carbocycles. The molecule has 0 fully saturated rings. The van der Waals surface area contributed by atoms with Crippen LogP contribution in [-0.2, 0) is 0 Å². The lowest BCUT2D eigenvalue weighted by Gasteiger charge is -2.11. The molecule has 1 N–H and O–H groups in total. The number of carbonyl (C=O) groups is 1. The summed E-state index contributed by atoms with van der Waals surface area (Å²) >= 11 is 13.3. The molecule has 1 atom stereocenters. The predicted molar refractivity (Wildman–Crippen MR) is 84.0 cm³/mol. The van der Waals surface area contributed by atoms with E-state index in [4.69, 9.17) is 23.2 Å². The normalized spacial score (nSPS) is 12.2. The van der Waals surface area contributed by atoms with Gasteiger partial charge in [-0.25, -0.2) is 0 Å². The Bertz CT molecular complexity index is 626. The second-order valence-electron chi connectivity index (χ2n) is 4.17. The van der Waals surface area contributed by atoms with Gasteiger partial charge >= 0.3 is 0 Å². The summed E-state index contributed by atoms with van der Waals surface area (Å²) in [6, 6.07) is 11.8. The molecule has 104 valence electrons. The van der Waals surface area contributed by atoms with Crippen LogP contribution in [-0.4, -0.2) is 17.1 Å². The Kier molecular flexibility index (Phi) is 5.11. The van der Waals surface area contributed by atoms with Crippen LogP contribution in [0.2, 0.25) is 10.0 Å². The molecule has 5 heteroatoms. The first-order valence-corrected chi connectivity index (χ1v) is 7.82. The first-order valence-electron chi connectivity index (χ1n) is 5.84. The summed E-state index contributed by atoms with van der Waals surface area (Å²) in [6.07, 6.45) is 0.714. The zero-order chi connectivity index (χ0) is 14.7. The maximum Gasteiger partial charge on any atom is 0.195 e. The second-order valence-corrected chi connectivity index (χ2v) is 5.86. The van der Waals surface area contributed by atoms with Crippen LogP contribution in [0.3, 0.4) is 0 Å². The van der Waals surface area contributed by atoms with E-state index in [0.29, 0.717) is 21.2 Å². The summed E-state index contributed by atoms with van der Waals surface area (Å²) in [5.41, 5.74) is 0.889. The highest BCUT2D eigenvalue weighted by atomic mass is 35.5. The number of benzene rings is 2. The Balaban J connectivity index is 2.24. The third-order valence-electron chi connectivity index (χ3n) is 2.88. The van der Waals surface area contributed by atoms with Crippen LogP contribution in [0.5, 0.6) is 0 Å². The minimum atomic E-state index is -1.25. The molecule has 0 heterocycles. The van der Waals surface area contributed by atoms with Gasteiger partial charge in [0.25, 0.3) is 0 Å². The third-order valence-corrected chi connectivity index (χ3v) is 4.36. The number of ketones is 1. The highest BCUT2D eigenvalue weighted by molar-refractivity contribution is 7.98. The lowest BCUT2D eigenvalue weighted by Crippen LogP contribution is -2.12. The van der Waals surface area contributed by atoms with Gasteiger partial charge in [0.05, 0.1) is 10.0 Å². The zero-order valence-corrected chi connectivity index (χ0v) is 13.0. The first-order chi connectivity index (χ1) is 9.52. The number of carbonyl (C=O) groups excluding carboxylic acids is 1. The average molecular weight is 327 g/mol. The monoisotopic (exact) mass is 326 g/mol. The van der Waals surface area contributed by atoms with Crippen LogP contribution >= 0.6 is 35.0 Å². The molecule has 2 aromatic rings. The minimum absolute atomic E-state index is 0.314. The Morgan fingerprint density at radius 1 is 1.10 bits per heavy atom. The molecule has 2 rings (SSSR count). The molecule has 0 bridgehead atoms. The number of hydrogen-bond acceptors (Lipinski definition) is 3. The Hall–Kier alpha value is -1.00. The Labute approximate surface area is 131 Å². The fourth-order valence-corrected chi connectivity index (χ4v) is 2.46. The third kappa shape index (κ3) is 3.36. The second kappa shape index (κ2) is 6.64. The Morgan fingerprint density at radius 2 is 1.75 bits per heavy atom. The van der Waals surface area contributed by atoms with E-state index in [0.717, 1.165) is 4.90 Å². The van der Waals surface area contributed by atoms with Gasteiger partial charge in [-0.1, -0.05) is 41.4 Å². The first kappa shape index (κ1) is 15.4. The van der Waals surface area contributed by atoms with E-state index in [2.05, 4.69) is 0 Å². The summed E-state index contributed by atoms with van der Waals surface area (Å²) in [6.45, 7) is 0. The van der Waals surface area contributed by atoms with Gasteiger partial charge in [0.15, 0.2) is 5.78 Å². The van der Waals surface area contributed by atoms with Crippen molar-refractivity contribution in [3.8, 4) is 0 Å². The summed E-state index contributed by atoms with van der Waals surface area (Å²) in [7, 11) is 0. The quantitative estimate of drug-likeness (QED) is 0.657. The van der Waals surface area contributed by atoms with E-state index < -0.39 is 6.10 Å². The number of hydrogen-bond donors (Lipinski definition) is 1. The fourth-order valence-electron chi connectivity index (χ4n) is 1.75. The number of aliphatic hydroxyl groups is 1. The number of thioether (sulfide) groups is 1. The van der Waals surface area contributed by atoms with Crippen molar-refractivity contribution in [2.75, 3.05) is 6.26 Å². The van der Waals surface area contributed by atoms with Crippen molar-refractivity contribution in [3.63, 3.8) is 0 Å². The molecule has 0 aromatic heterocycles. The molecule has 0 saturated carbocycles. The molecule has 0 aliphatic rings. The molecular formula is C15H12Cl2O2S. The van der Waals surface area contributed by atoms with Crippen LogP contribution in [0.4, 0.5) is 0 Å². The maximum absolute atomic E-state index is 12.2. The van der Waals surface area contributed by atoms with E-state index in [1.165, 1.54) is 6.07 Å². The molecule has 0 aliphatic carbocycles. The van der Waals surface area contributed by atoms with Crippen LogP contribution in [0.25, 0.3) is 0 Å². The van der Waals surface area contributed by atoms with E-state index in [-0.39, 0.29) is 5.78 Å². The van der Waals surface area contributed by atoms with Gasteiger partial charge in [0.2, 0.25) is 0 Å². The van der Waals surface area contributed by atoms with E-state index in [1.807, 2.05) is 18.4 Å². The average Bonchev–Trinajstić information content (AvgIpc) is 2.48. The maximum atomic E-state index is 12.2. The van der Waals surface area contributed by atoms with Crippen LogP contribution < -0.4 is 0 Å². The molecule has 0 amide bonds. The summed E-state index contributed by atoms with van der Waals surface area (Å²) in [5.74, 6) is -0.365. The van der Waals surface area contributed by atoms with Gasteiger partial charge in [-0.2, -0.15) is 0 Å². The number of aliphatic hydroxyl groups excluding tert-OH is 1. The van der Waals surface area contributed by atoms with Crippen LogP contribution in [0.15, 0.2) is 47.4 Å². The molecule has 1 unspecified atom stereocenters. The zero-order valence-electron chi connectivity index (χ0n) is 10.6. The van der Waals surface area contributed by atoms with Gasteiger partial charge in [-0.3, -0.25) is 4.79 Å². The predicted octanol–water partition coefficient (Wildman–Crippen LogP) is 4.63. The van der Waals surface area contributed by atoms with E-state index in [1.54, 1.807) is 36.0 Å². The molecule has 0 saturated heterocycles. The summed E-state index contributed by atoms with van der Waals surface area (Å²) < 4.78 is 0. The molecular weight excluding hydrogens is 315 g/mol. The van der Waals surface area contributed by atoms with Crippen molar-refractivity contribution >= 4 is 40.7 Å². The van der Waals surface area contributed by atoms with E-state index >= 15 is 0 Å². The number of halogens is 2. The number of Topliss-reactive ketones (excluding diaryl/α,β-unsaturated/α-hetero) is 1. The Morgan fingerprint density at radius 3 is 2.30 bits per heavy atom. The van der Waals surface area contributed by atoms with Crippen molar-refractivity contribution in [3.05, 3.63) is 63.6 Å². The van der Waals surface area contributed by atoms with Crippen LogP contribution in [0.1, 0.15) is 22.0 Å². The molecule has 0 aliphatic heterocycles. The lowest BCUT2D eigenvalue weighted by molar-refractivity contribution is 0.0747. The lowest BCUT2D eigenvalue weighted by atomic mass is 10.0. The van der Waals surface area contributed by atoms with Gasteiger partial charge in [0.1, 0.15) is 6.10 Å². The standard InChI is InChI=1S/C15H12Cl2O2S/c1-20-11-5-2-9(3-6-11)14(18)15(19)10-4-7-12(16)13(17)8-10/h2-8,15,19H,1H3. The molecule has 2 nitrogen and oxygen atoms in total. The fraction of sp³-hybridized carbons (Fsp3) is 0.133. The summed E-state index contributed by atoms with van der Waals surface area (Å²) in [5, 5.41) is 10.8. The molecule has 0 radical (unpaired) electrons. The highest BCUT2D eigenvalue weighted by Crippen LogP contribution is 2.27. The van der Waals surface area contributed by atoms with Crippen molar-refractivity contribution in [2.24, 2.45) is 0 Å². The van der Waals surface area contributed by atoms with Crippen molar-refractivity contribution in [1.82, 2.24) is 0 Å². The van der Waals surface area contributed by atoms with Gasteiger partial charge in [-0.05, 0) is 36.1 Å².